The lowest BCUT2D eigenvalue weighted by Gasteiger charge is -2.29. The van der Waals surface area contributed by atoms with Crippen molar-refractivity contribution in [1.29, 1.82) is 0 Å². The molecule has 1 saturated carbocycles. The average molecular weight is 398 g/mol. The Morgan fingerprint density at radius 1 is 1.40 bits per heavy atom. The number of thioether (sulfide) groups is 1. The van der Waals surface area contributed by atoms with E-state index in [9.17, 15) is 9.90 Å². The van der Waals surface area contributed by atoms with Crippen molar-refractivity contribution in [3.63, 3.8) is 0 Å². The van der Waals surface area contributed by atoms with Gasteiger partial charge in [-0.05, 0) is 43.5 Å². The first-order chi connectivity index (χ1) is 12.0. The highest BCUT2D eigenvalue weighted by molar-refractivity contribution is 8.26. The number of thiocarbonyl (C=S) groups is 1. The Balaban J connectivity index is 1.86. The van der Waals surface area contributed by atoms with Gasteiger partial charge in [0.15, 0.2) is 11.5 Å². The summed E-state index contributed by atoms with van der Waals surface area (Å²) in [5.74, 6) is 0.184. The molecule has 0 aromatic heterocycles. The van der Waals surface area contributed by atoms with Gasteiger partial charge in [0.1, 0.15) is 4.32 Å². The van der Waals surface area contributed by atoms with Crippen molar-refractivity contribution in [2.45, 2.75) is 45.1 Å². The van der Waals surface area contributed by atoms with Gasteiger partial charge in [0.25, 0.3) is 5.91 Å². The van der Waals surface area contributed by atoms with E-state index in [-0.39, 0.29) is 22.7 Å². The number of rotatable bonds is 4. The first-order valence-electron chi connectivity index (χ1n) is 8.43. The van der Waals surface area contributed by atoms with Crippen molar-refractivity contribution in [2.24, 2.45) is 0 Å². The zero-order valence-corrected chi connectivity index (χ0v) is 16.3. The summed E-state index contributed by atoms with van der Waals surface area (Å²) < 4.78 is 6.02. The summed E-state index contributed by atoms with van der Waals surface area (Å²) in [4.78, 5) is 15.2. The number of amides is 1. The fraction of sp³-hybridized carbons (Fsp3) is 0.444. The SMILES string of the molecule is CCOc1cc(/C=C2/SC(=S)N(C3CCCCC3)C2=O)cc(Cl)c1O. The molecule has 1 saturated heterocycles. The van der Waals surface area contributed by atoms with Gasteiger partial charge in [-0.1, -0.05) is 54.8 Å². The Morgan fingerprint density at radius 3 is 2.80 bits per heavy atom. The summed E-state index contributed by atoms with van der Waals surface area (Å²) in [6.07, 6.45) is 7.31. The molecule has 0 spiro atoms. The molecule has 1 amide bonds. The molecule has 25 heavy (non-hydrogen) atoms. The third-order valence-electron chi connectivity index (χ3n) is 4.41. The van der Waals surface area contributed by atoms with Gasteiger partial charge in [0, 0.05) is 6.04 Å². The molecule has 4 nitrogen and oxygen atoms in total. The fourth-order valence-corrected chi connectivity index (χ4v) is 4.85. The number of carbonyl (C=O) groups excluding carboxylic acids is 1. The second-order valence-electron chi connectivity index (χ2n) is 6.13. The highest BCUT2D eigenvalue weighted by atomic mass is 35.5. The molecule has 1 aliphatic carbocycles. The van der Waals surface area contributed by atoms with E-state index in [0.29, 0.717) is 27.1 Å². The van der Waals surface area contributed by atoms with Gasteiger partial charge in [0.2, 0.25) is 0 Å². The number of carbonyl (C=O) groups is 1. The van der Waals surface area contributed by atoms with E-state index in [1.54, 1.807) is 23.1 Å². The standard InChI is InChI=1S/C18H20ClNO3S2/c1-2-23-14-9-11(8-13(19)16(14)21)10-15-17(22)20(18(24)25-15)12-6-4-3-5-7-12/h8-10,12,21H,2-7H2,1H3/b15-10+. The third kappa shape index (κ3) is 3.96. The Hall–Kier alpha value is -1.24. The molecule has 7 heteroatoms. The van der Waals surface area contributed by atoms with Crippen molar-refractivity contribution in [2.75, 3.05) is 6.61 Å². The lowest BCUT2D eigenvalue weighted by atomic mass is 9.94. The number of halogens is 1. The van der Waals surface area contributed by atoms with Gasteiger partial charge in [-0.2, -0.15) is 0 Å². The lowest BCUT2D eigenvalue weighted by molar-refractivity contribution is -0.124. The van der Waals surface area contributed by atoms with Gasteiger partial charge in [-0.3, -0.25) is 9.69 Å². The first-order valence-corrected chi connectivity index (χ1v) is 10.0. The first kappa shape index (κ1) is 18.5. The Kier molecular flexibility index (Phi) is 5.92. The van der Waals surface area contributed by atoms with E-state index in [1.807, 2.05) is 6.92 Å². The van der Waals surface area contributed by atoms with Crippen LogP contribution in [0, 0.1) is 0 Å². The Bertz CT molecular complexity index is 729. The quantitative estimate of drug-likeness (QED) is 0.573. The molecule has 0 bridgehead atoms. The van der Waals surface area contributed by atoms with Crippen molar-refractivity contribution in [3.05, 3.63) is 27.6 Å². The van der Waals surface area contributed by atoms with E-state index >= 15 is 0 Å². The van der Waals surface area contributed by atoms with Gasteiger partial charge in [-0.25, -0.2) is 0 Å². The van der Waals surface area contributed by atoms with Crippen LogP contribution in [0.25, 0.3) is 6.08 Å². The number of nitrogens with zero attached hydrogens (tertiary/aromatic N) is 1. The Morgan fingerprint density at radius 2 is 2.12 bits per heavy atom. The number of phenols is 1. The van der Waals surface area contributed by atoms with Crippen LogP contribution < -0.4 is 4.74 Å². The van der Waals surface area contributed by atoms with Crippen LogP contribution in [-0.2, 0) is 4.79 Å². The van der Waals surface area contributed by atoms with Gasteiger partial charge in [-0.15, -0.1) is 0 Å². The van der Waals surface area contributed by atoms with Crippen LogP contribution in [0.15, 0.2) is 17.0 Å². The molecular formula is C18H20ClNO3S2. The summed E-state index contributed by atoms with van der Waals surface area (Å²) in [5.41, 5.74) is 0.704. The summed E-state index contributed by atoms with van der Waals surface area (Å²) in [6, 6.07) is 3.51. The predicted octanol–water partition coefficient (Wildman–Crippen LogP) is 4.98. The number of ether oxygens (including phenoxy) is 1. The van der Waals surface area contributed by atoms with E-state index < -0.39 is 0 Å². The number of phenolic OH excluding ortho intramolecular Hbond substituents is 1. The maximum Gasteiger partial charge on any atom is 0.266 e. The van der Waals surface area contributed by atoms with Crippen LogP contribution >= 0.6 is 35.6 Å². The average Bonchev–Trinajstić information content (AvgIpc) is 2.87. The predicted molar refractivity (Wildman–Crippen MR) is 106 cm³/mol. The summed E-state index contributed by atoms with van der Waals surface area (Å²) >= 11 is 12.8. The largest absolute Gasteiger partial charge is 0.503 e. The molecule has 1 aromatic carbocycles. The number of benzene rings is 1. The van der Waals surface area contributed by atoms with Gasteiger partial charge < -0.3 is 9.84 Å². The maximum absolute atomic E-state index is 12.8. The minimum Gasteiger partial charge on any atom is -0.503 e. The van der Waals surface area contributed by atoms with Crippen molar-refractivity contribution in [3.8, 4) is 11.5 Å². The number of hydrogen-bond donors (Lipinski definition) is 1. The molecule has 0 atom stereocenters. The third-order valence-corrected chi connectivity index (χ3v) is 6.03. The monoisotopic (exact) mass is 397 g/mol. The van der Waals surface area contributed by atoms with Crippen LogP contribution in [0.2, 0.25) is 5.02 Å². The summed E-state index contributed by atoms with van der Waals surface area (Å²) in [7, 11) is 0. The molecule has 2 aliphatic rings. The van der Waals surface area contributed by atoms with Crippen LogP contribution in [0.4, 0.5) is 0 Å². The van der Waals surface area contributed by atoms with E-state index in [2.05, 4.69) is 0 Å². The zero-order valence-electron chi connectivity index (χ0n) is 14.0. The second-order valence-corrected chi connectivity index (χ2v) is 8.21. The molecule has 2 fully saturated rings. The number of aromatic hydroxyl groups is 1. The van der Waals surface area contributed by atoms with Crippen LogP contribution in [0.5, 0.6) is 11.5 Å². The molecule has 1 N–H and O–H groups in total. The van der Waals surface area contributed by atoms with Crippen molar-refractivity contribution in [1.82, 2.24) is 4.90 Å². The van der Waals surface area contributed by atoms with Gasteiger partial charge >= 0.3 is 0 Å². The van der Waals surface area contributed by atoms with E-state index in [0.717, 1.165) is 25.7 Å². The van der Waals surface area contributed by atoms with Gasteiger partial charge in [0.05, 0.1) is 16.5 Å². The Labute approximate surface area is 162 Å². The molecule has 1 aromatic rings. The van der Waals surface area contributed by atoms with E-state index in [1.165, 1.54) is 18.2 Å². The fourth-order valence-electron chi connectivity index (χ4n) is 3.23. The molecule has 1 aliphatic heterocycles. The summed E-state index contributed by atoms with van der Waals surface area (Å²) in [5, 5.41) is 10.1. The minimum atomic E-state index is -0.0876. The molecule has 3 rings (SSSR count). The lowest BCUT2D eigenvalue weighted by Crippen LogP contribution is -2.39. The maximum atomic E-state index is 12.8. The molecule has 134 valence electrons. The molecule has 1 heterocycles. The topological polar surface area (TPSA) is 49.8 Å². The van der Waals surface area contributed by atoms with E-state index in [4.69, 9.17) is 28.6 Å². The molecular weight excluding hydrogens is 378 g/mol. The summed E-state index contributed by atoms with van der Waals surface area (Å²) in [6.45, 7) is 2.24. The number of hydrogen-bond acceptors (Lipinski definition) is 5. The molecule has 0 radical (unpaired) electrons. The zero-order chi connectivity index (χ0) is 18.0. The van der Waals surface area contributed by atoms with Crippen molar-refractivity contribution >= 4 is 51.9 Å². The van der Waals surface area contributed by atoms with Crippen LogP contribution in [-0.4, -0.2) is 32.9 Å². The minimum absolute atomic E-state index is 0.0379. The highest BCUT2D eigenvalue weighted by Crippen LogP contribution is 2.40. The van der Waals surface area contributed by atoms with Crippen molar-refractivity contribution < 1.29 is 14.6 Å². The van der Waals surface area contributed by atoms with Crippen LogP contribution in [0.3, 0.4) is 0 Å². The smallest absolute Gasteiger partial charge is 0.266 e. The second kappa shape index (κ2) is 7.98. The van der Waals surface area contributed by atoms with Crippen LogP contribution in [0.1, 0.15) is 44.6 Å². The highest BCUT2D eigenvalue weighted by Gasteiger charge is 2.37. The molecule has 0 unspecified atom stereocenters. The normalized spacial score (nSPS) is 20.6.